The van der Waals surface area contributed by atoms with Gasteiger partial charge in [0.1, 0.15) is 11.5 Å². The van der Waals surface area contributed by atoms with Gasteiger partial charge in [-0.3, -0.25) is 9.10 Å². The smallest absolute Gasteiger partial charge is 0.236 e. The Hall–Kier alpha value is -3.99. The van der Waals surface area contributed by atoms with E-state index in [1.54, 1.807) is 12.4 Å². The first-order valence-electron chi connectivity index (χ1n) is 11.4. The zero-order valence-corrected chi connectivity index (χ0v) is 19.6. The quantitative estimate of drug-likeness (QED) is 0.442. The Kier molecular flexibility index (Phi) is 5.14. The van der Waals surface area contributed by atoms with E-state index in [-0.39, 0.29) is 11.7 Å². The van der Waals surface area contributed by atoms with Crippen LogP contribution in [0.15, 0.2) is 55.0 Å². The Morgan fingerprint density at radius 2 is 2.03 bits per heavy atom. The molecule has 1 saturated heterocycles. The molecule has 0 saturated carbocycles. The molecule has 3 aromatic heterocycles. The number of hydrogen-bond acceptors (Lipinski definition) is 7. The Labute approximate surface area is 202 Å². The van der Waals surface area contributed by atoms with Gasteiger partial charge >= 0.3 is 0 Å². The average molecular weight is 490 g/mol. The summed E-state index contributed by atoms with van der Waals surface area (Å²) in [6, 6.07) is 11.4. The van der Waals surface area contributed by atoms with Crippen molar-refractivity contribution in [1.82, 2.24) is 19.5 Å². The first-order chi connectivity index (χ1) is 17.0. The number of aromatic nitrogens is 4. The lowest BCUT2D eigenvalue weighted by Gasteiger charge is -2.19. The minimum atomic E-state index is -3.33. The molecule has 1 fully saturated rings. The largest absolute Gasteiger partial charge is 0.328 e. The van der Waals surface area contributed by atoms with Gasteiger partial charge < -0.3 is 15.2 Å². The first-order valence-corrected chi connectivity index (χ1v) is 13.0. The van der Waals surface area contributed by atoms with Crippen molar-refractivity contribution in [2.24, 2.45) is 0 Å². The van der Waals surface area contributed by atoms with Crippen LogP contribution in [0.5, 0.6) is 0 Å². The third-order valence-corrected chi connectivity index (χ3v) is 8.13. The van der Waals surface area contributed by atoms with Gasteiger partial charge in [-0.2, -0.15) is 4.98 Å². The van der Waals surface area contributed by atoms with Gasteiger partial charge in [-0.15, -0.1) is 0 Å². The summed E-state index contributed by atoms with van der Waals surface area (Å²) in [7, 11) is -3.33. The number of nitrogens with one attached hydrogen (secondary N) is 2. The summed E-state index contributed by atoms with van der Waals surface area (Å²) in [5.41, 5.74) is 4.28. The third kappa shape index (κ3) is 4.08. The second-order valence-corrected chi connectivity index (χ2v) is 10.7. The number of amides is 1. The molecule has 0 atom stereocenters. The second-order valence-electron chi connectivity index (χ2n) is 8.69. The lowest BCUT2D eigenvalue weighted by Crippen LogP contribution is -2.27. The number of anilines is 4. The molecule has 10 nitrogen and oxygen atoms in total. The standard InChI is InChI=1S/C24H23N7O3S/c32-21-7-4-16-13-19(5-6-20(16)28-21)27-24-26-14-17-8-11-30(23(17)29-24)15-18-3-1-9-25-22(18)31-10-2-12-35(31,33)34/h1,3,5-6,8-9,11,13-14H,2,4,7,10,12,15H2,(H,28,32)(H,26,27,29). The van der Waals surface area contributed by atoms with Crippen LogP contribution in [0.2, 0.25) is 0 Å². The Balaban J connectivity index is 1.29. The molecule has 1 amide bonds. The SMILES string of the molecule is O=C1CCc2cc(Nc3ncc4ccn(Cc5cccnc5N5CCCS5(=O)=O)c4n3)ccc2N1. The lowest BCUT2D eigenvalue weighted by molar-refractivity contribution is -0.116. The highest BCUT2D eigenvalue weighted by atomic mass is 32.2. The highest BCUT2D eigenvalue weighted by Gasteiger charge is 2.31. The lowest BCUT2D eigenvalue weighted by atomic mass is 10.0. The molecule has 11 heteroatoms. The number of sulfonamides is 1. The molecule has 4 aromatic rings. The molecule has 2 aliphatic heterocycles. The number of nitrogens with zero attached hydrogens (tertiary/aromatic N) is 5. The maximum Gasteiger partial charge on any atom is 0.236 e. The van der Waals surface area contributed by atoms with Crippen molar-refractivity contribution in [1.29, 1.82) is 0 Å². The van der Waals surface area contributed by atoms with Crippen molar-refractivity contribution in [3.63, 3.8) is 0 Å². The number of hydrogen-bond donors (Lipinski definition) is 2. The minimum Gasteiger partial charge on any atom is -0.328 e. The molecular weight excluding hydrogens is 466 g/mol. The molecule has 1 aromatic carbocycles. The predicted molar refractivity (Wildman–Crippen MR) is 133 cm³/mol. The summed E-state index contributed by atoms with van der Waals surface area (Å²) in [5, 5.41) is 7.02. The average Bonchev–Trinajstić information content (AvgIpc) is 3.41. The van der Waals surface area contributed by atoms with Crippen LogP contribution < -0.4 is 14.9 Å². The number of aryl methyl sites for hydroxylation is 1. The topological polar surface area (TPSA) is 122 Å². The molecular formula is C24H23N7O3S. The number of pyridine rings is 1. The van der Waals surface area contributed by atoms with Crippen molar-refractivity contribution in [2.45, 2.75) is 25.8 Å². The van der Waals surface area contributed by atoms with E-state index < -0.39 is 10.0 Å². The molecule has 0 bridgehead atoms. The molecule has 178 valence electrons. The number of carbonyl (C=O) groups excluding carboxylic acids is 1. The van der Waals surface area contributed by atoms with E-state index in [9.17, 15) is 13.2 Å². The Morgan fingerprint density at radius 3 is 2.89 bits per heavy atom. The number of benzene rings is 1. The van der Waals surface area contributed by atoms with Gasteiger partial charge in [0.25, 0.3) is 0 Å². The van der Waals surface area contributed by atoms with Gasteiger partial charge in [0.05, 0.1) is 12.3 Å². The molecule has 0 radical (unpaired) electrons. The zero-order chi connectivity index (χ0) is 24.0. The van der Waals surface area contributed by atoms with Crippen LogP contribution in [-0.2, 0) is 27.8 Å². The summed E-state index contributed by atoms with van der Waals surface area (Å²) < 4.78 is 28.3. The first kappa shape index (κ1) is 21.5. The molecule has 5 heterocycles. The summed E-state index contributed by atoms with van der Waals surface area (Å²) in [4.78, 5) is 25.2. The number of rotatable bonds is 5. The van der Waals surface area contributed by atoms with E-state index in [2.05, 4.69) is 20.6 Å². The van der Waals surface area contributed by atoms with Crippen molar-refractivity contribution in [3.05, 3.63) is 66.1 Å². The van der Waals surface area contributed by atoms with Crippen LogP contribution >= 0.6 is 0 Å². The maximum absolute atomic E-state index is 12.5. The van der Waals surface area contributed by atoms with E-state index in [1.165, 1.54) is 4.31 Å². The predicted octanol–water partition coefficient (Wildman–Crippen LogP) is 3.04. The highest BCUT2D eigenvalue weighted by molar-refractivity contribution is 7.93. The molecule has 0 spiro atoms. The van der Waals surface area contributed by atoms with Crippen LogP contribution in [0.4, 0.5) is 23.1 Å². The fourth-order valence-electron chi connectivity index (χ4n) is 4.59. The maximum atomic E-state index is 12.5. The molecule has 6 rings (SSSR count). The van der Waals surface area contributed by atoms with E-state index in [0.717, 1.165) is 33.5 Å². The highest BCUT2D eigenvalue weighted by Crippen LogP contribution is 2.29. The van der Waals surface area contributed by atoms with Gasteiger partial charge in [-0.1, -0.05) is 6.07 Å². The van der Waals surface area contributed by atoms with Crippen molar-refractivity contribution in [3.8, 4) is 0 Å². The molecule has 2 N–H and O–H groups in total. The van der Waals surface area contributed by atoms with Crippen molar-refractivity contribution >= 4 is 50.1 Å². The van der Waals surface area contributed by atoms with E-state index in [4.69, 9.17) is 4.98 Å². The van der Waals surface area contributed by atoms with Crippen molar-refractivity contribution in [2.75, 3.05) is 27.2 Å². The van der Waals surface area contributed by atoms with Crippen LogP contribution in [-0.4, -0.2) is 46.1 Å². The summed E-state index contributed by atoms with van der Waals surface area (Å²) in [6.45, 7) is 0.868. The second kappa shape index (κ2) is 8.35. The normalized spacial score (nSPS) is 16.8. The van der Waals surface area contributed by atoms with Crippen LogP contribution in [0.1, 0.15) is 24.0 Å². The van der Waals surface area contributed by atoms with E-state index in [1.807, 2.05) is 47.2 Å². The van der Waals surface area contributed by atoms with Gasteiger partial charge in [0.2, 0.25) is 21.9 Å². The monoisotopic (exact) mass is 489 g/mol. The summed E-state index contributed by atoms with van der Waals surface area (Å²) in [5.74, 6) is 1.10. The summed E-state index contributed by atoms with van der Waals surface area (Å²) >= 11 is 0. The minimum absolute atomic E-state index is 0.0341. The summed E-state index contributed by atoms with van der Waals surface area (Å²) in [6.07, 6.45) is 7.06. The van der Waals surface area contributed by atoms with Gasteiger partial charge in [0, 0.05) is 53.9 Å². The zero-order valence-electron chi connectivity index (χ0n) is 18.8. The van der Waals surface area contributed by atoms with Gasteiger partial charge in [-0.25, -0.2) is 18.4 Å². The van der Waals surface area contributed by atoms with E-state index in [0.29, 0.717) is 44.1 Å². The molecule has 0 aliphatic carbocycles. The fraction of sp³-hybridized carbons (Fsp3) is 0.250. The fourth-order valence-corrected chi connectivity index (χ4v) is 6.14. The van der Waals surface area contributed by atoms with Gasteiger partial charge in [-0.05, 0) is 48.7 Å². The Bertz CT molecular complexity index is 1560. The number of fused-ring (bicyclic) bond motifs is 2. The number of carbonyl (C=O) groups is 1. The van der Waals surface area contributed by atoms with Crippen LogP contribution in [0.25, 0.3) is 11.0 Å². The van der Waals surface area contributed by atoms with Gasteiger partial charge in [0.15, 0.2) is 0 Å². The van der Waals surface area contributed by atoms with Crippen LogP contribution in [0.3, 0.4) is 0 Å². The van der Waals surface area contributed by atoms with Crippen LogP contribution in [0, 0.1) is 0 Å². The Morgan fingerprint density at radius 1 is 1.11 bits per heavy atom. The molecule has 0 unspecified atom stereocenters. The molecule has 35 heavy (non-hydrogen) atoms. The van der Waals surface area contributed by atoms with Crippen molar-refractivity contribution < 1.29 is 13.2 Å². The van der Waals surface area contributed by atoms with E-state index >= 15 is 0 Å². The molecule has 2 aliphatic rings. The third-order valence-electron chi connectivity index (χ3n) is 6.30.